The van der Waals surface area contributed by atoms with Crippen LogP contribution < -0.4 is 5.32 Å². The highest BCUT2D eigenvalue weighted by atomic mass is 32.2. The van der Waals surface area contributed by atoms with E-state index in [1.807, 2.05) is 6.07 Å². The van der Waals surface area contributed by atoms with Gasteiger partial charge in [0.1, 0.15) is 5.82 Å². The average Bonchev–Trinajstić information content (AvgIpc) is 2.78. The van der Waals surface area contributed by atoms with Crippen LogP contribution in [0.15, 0.2) is 52.3 Å². The van der Waals surface area contributed by atoms with Gasteiger partial charge in [-0.3, -0.25) is 0 Å². The number of aromatic nitrogens is 1. The highest BCUT2D eigenvalue weighted by molar-refractivity contribution is 7.91. The normalized spacial score (nSPS) is 15.0. The monoisotopic (exact) mass is 372 g/mol. The molecule has 4 rings (SSSR count). The Bertz CT molecular complexity index is 1070. The summed E-state index contributed by atoms with van der Waals surface area (Å²) in [6.07, 6.45) is 1.83. The van der Waals surface area contributed by atoms with E-state index >= 15 is 0 Å². The lowest BCUT2D eigenvalue weighted by Crippen LogP contribution is -2.17. The van der Waals surface area contributed by atoms with Crippen LogP contribution in [0.4, 0.5) is 4.39 Å². The van der Waals surface area contributed by atoms with E-state index in [1.54, 1.807) is 12.1 Å². The van der Waals surface area contributed by atoms with Gasteiger partial charge >= 0.3 is 0 Å². The second-order valence-electron chi connectivity index (χ2n) is 6.56. The van der Waals surface area contributed by atoms with Gasteiger partial charge in [-0.15, -0.1) is 0 Å². The second-order valence-corrected chi connectivity index (χ2v) is 8.51. The summed E-state index contributed by atoms with van der Waals surface area (Å²) < 4.78 is 41.4. The summed E-state index contributed by atoms with van der Waals surface area (Å²) in [7, 11) is -3.67. The third-order valence-corrected chi connectivity index (χ3v) is 6.87. The molecule has 0 aliphatic carbocycles. The number of nitrogens with zero attached hydrogens (tertiary/aromatic N) is 1. The Hall–Kier alpha value is -2.18. The van der Waals surface area contributed by atoms with Crippen molar-refractivity contribution in [3.8, 4) is 0 Å². The molecule has 4 nitrogen and oxygen atoms in total. The molecule has 0 bridgehead atoms. The molecule has 0 amide bonds. The number of fused-ring (bicyclic) bond motifs is 3. The molecule has 0 atom stereocenters. The van der Waals surface area contributed by atoms with E-state index in [9.17, 15) is 12.8 Å². The van der Waals surface area contributed by atoms with Crippen LogP contribution in [-0.4, -0.2) is 26.1 Å². The van der Waals surface area contributed by atoms with Crippen molar-refractivity contribution in [3.05, 3.63) is 59.5 Å². The maximum absolute atomic E-state index is 13.2. The van der Waals surface area contributed by atoms with Crippen LogP contribution >= 0.6 is 0 Å². The van der Waals surface area contributed by atoms with Crippen LogP contribution in [-0.2, 0) is 29.2 Å². The average molecular weight is 372 g/mol. The molecule has 2 heterocycles. The third-order valence-electron chi connectivity index (χ3n) is 5.10. The van der Waals surface area contributed by atoms with Gasteiger partial charge in [-0.2, -0.15) is 0 Å². The zero-order valence-electron chi connectivity index (χ0n) is 14.6. The van der Waals surface area contributed by atoms with Crippen LogP contribution in [0.2, 0.25) is 0 Å². The lowest BCUT2D eigenvalue weighted by atomic mass is 10.1. The van der Waals surface area contributed by atoms with E-state index in [1.165, 1.54) is 35.5 Å². The van der Waals surface area contributed by atoms with Crippen molar-refractivity contribution in [2.45, 2.75) is 36.1 Å². The number of rotatable bonds is 3. The maximum atomic E-state index is 13.2. The molecular weight excluding hydrogens is 351 g/mol. The van der Waals surface area contributed by atoms with Crippen LogP contribution in [0.1, 0.15) is 18.2 Å². The molecule has 0 radical (unpaired) electrons. The molecule has 1 aromatic heterocycles. The van der Waals surface area contributed by atoms with Crippen molar-refractivity contribution in [1.82, 2.24) is 9.88 Å². The van der Waals surface area contributed by atoms with E-state index in [4.69, 9.17) is 0 Å². The number of halogens is 1. The lowest BCUT2D eigenvalue weighted by molar-refractivity contribution is 0.595. The molecule has 0 unspecified atom stereocenters. The summed E-state index contributed by atoms with van der Waals surface area (Å²) in [5.41, 5.74) is 3.62. The van der Waals surface area contributed by atoms with Gasteiger partial charge in [0.15, 0.2) is 0 Å². The number of nitrogens with one attached hydrogen (secondary N) is 1. The lowest BCUT2D eigenvalue weighted by Gasteiger charge is -2.08. The second kappa shape index (κ2) is 6.52. The quantitative estimate of drug-likeness (QED) is 0.718. The minimum absolute atomic E-state index is 0.112. The Labute approximate surface area is 152 Å². The van der Waals surface area contributed by atoms with E-state index < -0.39 is 15.7 Å². The van der Waals surface area contributed by atoms with Gasteiger partial charge < -0.3 is 9.88 Å². The van der Waals surface area contributed by atoms with E-state index in [0.29, 0.717) is 0 Å². The molecule has 136 valence electrons. The Balaban J connectivity index is 1.90. The van der Waals surface area contributed by atoms with Crippen LogP contribution in [0.3, 0.4) is 0 Å². The number of benzene rings is 2. The molecular formula is C20H21FN2O2S. The van der Waals surface area contributed by atoms with Gasteiger partial charge in [0.25, 0.3) is 0 Å². The van der Waals surface area contributed by atoms with Gasteiger partial charge in [0.2, 0.25) is 9.84 Å². The molecule has 2 aromatic carbocycles. The molecule has 0 saturated carbocycles. The van der Waals surface area contributed by atoms with Crippen LogP contribution in [0, 0.1) is 5.82 Å². The largest absolute Gasteiger partial charge is 0.345 e. The Morgan fingerprint density at radius 1 is 1.04 bits per heavy atom. The fourth-order valence-electron chi connectivity index (χ4n) is 3.84. The van der Waals surface area contributed by atoms with Crippen molar-refractivity contribution in [2.24, 2.45) is 0 Å². The third kappa shape index (κ3) is 2.73. The minimum atomic E-state index is -3.67. The molecule has 0 saturated heterocycles. The summed E-state index contributed by atoms with van der Waals surface area (Å²) in [5.74, 6) is -0.447. The first kappa shape index (κ1) is 17.2. The van der Waals surface area contributed by atoms with Crippen molar-refractivity contribution < 1.29 is 12.8 Å². The molecule has 1 aliphatic heterocycles. The number of hydrogen-bond donors (Lipinski definition) is 1. The Morgan fingerprint density at radius 2 is 1.73 bits per heavy atom. The first-order valence-corrected chi connectivity index (χ1v) is 10.4. The summed E-state index contributed by atoms with van der Waals surface area (Å²) in [6, 6.07) is 10.3. The summed E-state index contributed by atoms with van der Waals surface area (Å²) in [6.45, 7) is 4.80. The number of aryl methyl sites for hydroxylation is 1. The molecule has 26 heavy (non-hydrogen) atoms. The van der Waals surface area contributed by atoms with Gasteiger partial charge in [-0.05, 0) is 67.9 Å². The van der Waals surface area contributed by atoms with Crippen molar-refractivity contribution in [2.75, 3.05) is 13.1 Å². The van der Waals surface area contributed by atoms with Crippen LogP contribution in [0.5, 0.6) is 0 Å². The SMILES string of the molecule is CCn1c2c(c3cc(S(=O)(=O)c4ccc(F)cc4)ccc31)CCNCC2. The number of sulfone groups is 1. The number of hydrogen-bond acceptors (Lipinski definition) is 3. The van der Waals surface area contributed by atoms with Crippen molar-refractivity contribution in [3.63, 3.8) is 0 Å². The van der Waals surface area contributed by atoms with Gasteiger partial charge in [-0.25, -0.2) is 12.8 Å². The first-order chi connectivity index (χ1) is 12.5. The highest BCUT2D eigenvalue weighted by Gasteiger charge is 2.22. The summed E-state index contributed by atoms with van der Waals surface area (Å²) >= 11 is 0. The van der Waals surface area contributed by atoms with Crippen molar-refractivity contribution in [1.29, 1.82) is 0 Å². The smallest absolute Gasteiger partial charge is 0.206 e. The Morgan fingerprint density at radius 3 is 2.46 bits per heavy atom. The van der Waals surface area contributed by atoms with E-state index in [-0.39, 0.29) is 9.79 Å². The fraction of sp³-hybridized carbons (Fsp3) is 0.300. The van der Waals surface area contributed by atoms with Crippen LogP contribution in [0.25, 0.3) is 10.9 Å². The molecule has 6 heteroatoms. The Kier molecular flexibility index (Phi) is 4.32. The molecule has 3 aromatic rings. The standard InChI is InChI=1S/C20H21FN2O2S/c1-2-23-19-8-7-16(26(24,25)15-5-3-14(21)4-6-15)13-18(19)17-9-11-22-12-10-20(17)23/h3-8,13,22H,2,9-12H2,1H3. The predicted molar refractivity (Wildman–Crippen MR) is 99.7 cm³/mol. The van der Waals surface area contributed by atoms with Gasteiger partial charge in [0, 0.05) is 36.1 Å². The van der Waals surface area contributed by atoms with Crippen molar-refractivity contribution >= 4 is 20.7 Å². The molecule has 0 fully saturated rings. The van der Waals surface area contributed by atoms with E-state index in [2.05, 4.69) is 16.8 Å². The van der Waals surface area contributed by atoms with Gasteiger partial charge in [0.05, 0.1) is 9.79 Å². The molecule has 1 N–H and O–H groups in total. The maximum Gasteiger partial charge on any atom is 0.206 e. The fourth-order valence-corrected chi connectivity index (χ4v) is 5.13. The molecule has 1 aliphatic rings. The zero-order valence-corrected chi connectivity index (χ0v) is 15.4. The first-order valence-electron chi connectivity index (χ1n) is 8.87. The summed E-state index contributed by atoms with van der Waals surface area (Å²) in [4.78, 5) is 0.366. The predicted octanol–water partition coefficient (Wildman–Crippen LogP) is 3.32. The zero-order chi connectivity index (χ0) is 18.3. The summed E-state index contributed by atoms with van der Waals surface area (Å²) in [5, 5.41) is 4.41. The van der Waals surface area contributed by atoms with E-state index in [0.717, 1.165) is 43.4 Å². The molecule has 0 spiro atoms. The highest BCUT2D eigenvalue weighted by Crippen LogP contribution is 2.32. The van der Waals surface area contributed by atoms with Gasteiger partial charge in [-0.1, -0.05) is 0 Å². The minimum Gasteiger partial charge on any atom is -0.345 e. The topological polar surface area (TPSA) is 51.1 Å².